The minimum atomic E-state index is -0.425. The van der Waals surface area contributed by atoms with E-state index in [4.69, 9.17) is 0 Å². The van der Waals surface area contributed by atoms with Gasteiger partial charge in [0, 0.05) is 17.0 Å². The number of nitrogens with zero attached hydrogens (tertiary/aromatic N) is 2. The number of nitro groups is 1. The van der Waals surface area contributed by atoms with Crippen LogP contribution in [0.2, 0.25) is 0 Å². The highest BCUT2D eigenvalue weighted by Gasteiger charge is 2.16. The average Bonchev–Trinajstić information content (AvgIpc) is 3.30. The van der Waals surface area contributed by atoms with Crippen LogP contribution in [0.3, 0.4) is 0 Å². The fraction of sp³-hybridized carbons (Fsp3) is 0.222. The monoisotopic (exact) mass is 385 g/mol. The predicted octanol–water partition coefficient (Wildman–Crippen LogP) is 4.91. The number of fused-ring (bicyclic) bond motifs is 1. The second kappa shape index (κ2) is 6.97. The number of thiophene rings is 1. The highest BCUT2D eigenvalue weighted by molar-refractivity contribution is 7.16. The zero-order valence-electron chi connectivity index (χ0n) is 13.7. The molecule has 0 unspecified atom stereocenters. The third-order valence-corrected chi connectivity index (χ3v) is 6.08. The summed E-state index contributed by atoms with van der Waals surface area (Å²) in [5, 5.41) is 17.4. The van der Waals surface area contributed by atoms with Gasteiger partial charge in [-0.25, -0.2) is 4.98 Å². The van der Waals surface area contributed by atoms with Crippen LogP contribution in [0.25, 0.3) is 10.6 Å². The van der Waals surface area contributed by atoms with Gasteiger partial charge in [-0.3, -0.25) is 20.2 Å². The number of nitrogens with one attached hydrogen (secondary N) is 1. The fourth-order valence-electron chi connectivity index (χ4n) is 3.04. The van der Waals surface area contributed by atoms with E-state index in [-0.39, 0.29) is 11.6 Å². The van der Waals surface area contributed by atoms with Gasteiger partial charge in [-0.15, -0.1) is 22.7 Å². The maximum atomic E-state index is 12.5. The fourth-order valence-corrected chi connectivity index (χ4v) is 4.64. The van der Waals surface area contributed by atoms with Crippen molar-refractivity contribution in [1.29, 1.82) is 0 Å². The number of hydrogen-bond donors (Lipinski definition) is 1. The van der Waals surface area contributed by atoms with Gasteiger partial charge in [0.25, 0.3) is 11.6 Å². The minimum Gasteiger partial charge on any atom is -0.298 e. The maximum Gasteiger partial charge on any atom is 0.280 e. The van der Waals surface area contributed by atoms with E-state index in [0.717, 1.165) is 12.8 Å². The van der Waals surface area contributed by atoms with Gasteiger partial charge in [-0.1, -0.05) is 6.07 Å². The second-order valence-corrected chi connectivity index (χ2v) is 7.88. The number of hydrogen-bond acceptors (Lipinski definition) is 6. The molecule has 0 saturated heterocycles. The Kier molecular flexibility index (Phi) is 4.52. The number of carbonyl (C=O) groups is 1. The van der Waals surface area contributed by atoms with Gasteiger partial charge in [-0.2, -0.15) is 0 Å². The lowest BCUT2D eigenvalue weighted by Crippen LogP contribution is -2.13. The Balaban J connectivity index is 1.50. The summed E-state index contributed by atoms with van der Waals surface area (Å²) in [7, 11) is 0. The van der Waals surface area contributed by atoms with Crippen LogP contribution in [0.4, 0.5) is 10.8 Å². The Morgan fingerprint density at radius 1 is 1.12 bits per heavy atom. The van der Waals surface area contributed by atoms with Crippen LogP contribution in [0.1, 0.15) is 34.3 Å². The lowest BCUT2D eigenvalue weighted by Gasteiger charge is -2.16. The second-order valence-electron chi connectivity index (χ2n) is 6.11. The molecule has 0 saturated carbocycles. The predicted molar refractivity (Wildman–Crippen MR) is 103 cm³/mol. The summed E-state index contributed by atoms with van der Waals surface area (Å²) in [6.07, 6.45) is 4.48. The molecule has 4 rings (SSSR count). The number of rotatable bonds is 4. The first-order valence-electron chi connectivity index (χ1n) is 8.22. The lowest BCUT2D eigenvalue weighted by atomic mass is 9.90. The molecule has 2 aromatic heterocycles. The Hall–Kier alpha value is -2.58. The summed E-state index contributed by atoms with van der Waals surface area (Å²) in [5.41, 5.74) is 3.92. The molecule has 0 fully saturated rings. The molecule has 1 amide bonds. The van der Waals surface area contributed by atoms with Crippen LogP contribution in [0, 0.1) is 10.1 Å². The number of carbonyl (C=O) groups excluding carboxylic acids is 1. The Morgan fingerprint density at radius 3 is 2.69 bits per heavy atom. The SMILES string of the molecule is O=C(Nc1nc(-c2cc([N+](=O)[O-])cs2)cs1)c1ccc2c(c1)CCCC2. The van der Waals surface area contributed by atoms with Crippen LogP contribution in [-0.4, -0.2) is 15.8 Å². The van der Waals surface area contributed by atoms with E-state index in [0.29, 0.717) is 21.3 Å². The molecular weight excluding hydrogens is 370 g/mol. The van der Waals surface area contributed by atoms with Crippen LogP contribution in [0.5, 0.6) is 0 Å². The van der Waals surface area contributed by atoms with Gasteiger partial charge >= 0.3 is 0 Å². The van der Waals surface area contributed by atoms with Crippen molar-refractivity contribution in [3.63, 3.8) is 0 Å². The highest BCUT2D eigenvalue weighted by atomic mass is 32.1. The molecule has 0 radical (unpaired) electrons. The average molecular weight is 385 g/mol. The van der Waals surface area contributed by atoms with Crippen molar-refractivity contribution in [2.45, 2.75) is 25.7 Å². The van der Waals surface area contributed by atoms with Crippen molar-refractivity contribution in [3.8, 4) is 10.6 Å². The van der Waals surface area contributed by atoms with E-state index in [1.165, 1.54) is 58.1 Å². The van der Waals surface area contributed by atoms with E-state index in [1.807, 2.05) is 18.2 Å². The van der Waals surface area contributed by atoms with Crippen LogP contribution < -0.4 is 5.32 Å². The van der Waals surface area contributed by atoms with Gasteiger partial charge < -0.3 is 0 Å². The summed E-state index contributed by atoms with van der Waals surface area (Å²) < 4.78 is 0. The van der Waals surface area contributed by atoms with E-state index < -0.39 is 4.92 Å². The number of anilines is 1. The normalized spacial score (nSPS) is 13.2. The standard InChI is InChI=1S/C18H15N3O3S2/c22-17(13-6-5-11-3-1-2-4-12(11)7-13)20-18-19-15(10-26-18)16-8-14(9-25-16)21(23)24/h5-10H,1-4H2,(H,19,20,22). The maximum absolute atomic E-state index is 12.5. The quantitative estimate of drug-likeness (QED) is 0.511. The van der Waals surface area contributed by atoms with Gasteiger partial charge in [-0.05, 0) is 48.9 Å². The molecule has 0 aliphatic heterocycles. The Morgan fingerprint density at radius 2 is 1.92 bits per heavy atom. The molecule has 6 nitrogen and oxygen atoms in total. The molecule has 0 spiro atoms. The molecular formula is C18H15N3O3S2. The summed E-state index contributed by atoms with van der Waals surface area (Å²) >= 11 is 2.57. The molecule has 26 heavy (non-hydrogen) atoms. The van der Waals surface area contributed by atoms with Crippen LogP contribution in [-0.2, 0) is 12.8 Å². The largest absolute Gasteiger partial charge is 0.298 e. The summed E-state index contributed by atoms with van der Waals surface area (Å²) in [4.78, 5) is 28.0. The van der Waals surface area contributed by atoms with Gasteiger partial charge in [0.05, 0.1) is 20.9 Å². The van der Waals surface area contributed by atoms with Crippen molar-refractivity contribution < 1.29 is 9.72 Å². The summed E-state index contributed by atoms with van der Waals surface area (Å²) in [6.45, 7) is 0. The summed E-state index contributed by atoms with van der Waals surface area (Å²) in [6, 6.07) is 7.37. The number of aromatic nitrogens is 1. The van der Waals surface area contributed by atoms with Gasteiger partial charge in [0.2, 0.25) is 0 Å². The number of amides is 1. The molecule has 1 aliphatic rings. The molecule has 132 valence electrons. The summed E-state index contributed by atoms with van der Waals surface area (Å²) in [5.74, 6) is -0.184. The van der Waals surface area contributed by atoms with E-state index >= 15 is 0 Å². The molecule has 1 aliphatic carbocycles. The zero-order valence-corrected chi connectivity index (χ0v) is 15.4. The molecule has 3 aromatic rings. The first-order chi connectivity index (χ1) is 12.6. The van der Waals surface area contributed by atoms with E-state index in [2.05, 4.69) is 10.3 Å². The Bertz CT molecular complexity index is 993. The van der Waals surface area contributed by atoms with Crippen LogP contribution in [0.15, 0.2) is 35.0 Å². The minimum absolute atomic E-state index is 0.0534. The molecule has 0 bridgehead atoms. The topological polar surface area (TPSA) is 85.1 Å². The zero-order chi connectivity index (χ0) is 18.1. The smallest absolute Gasteiger partial charge is 0.280 e. The lowest BCUT2D eigenvalue weighted by molar-refractivity contribution is -0.384. The van der Waals surface area contributed by atoms with Crippen molar-refractivity contribution in [2.24, 2.45) is 0 Å². The highest BCUT2D eigenvalue weighted by Crippen LogP contribution is 2.33. The van der Waals surface area contributed by atoms with Crippen LogP contribution >= 0.6 is 22.7 Å². The van der Waals surface area contributed by atoms with Crippen molar-refractivity contribution in [1.82, 2.24) is 4.98 Å². The van der Waals surface area contributed by atoms with Gasteiger partial charge in [0.1, 0.15) is 0 Å². The molecule has 1 N–H and O–H groups in total. The first kappa shape index (κ1) is 16.9. The van der Waals surface area contributed by atoms with Crippen molar-refractivity contribution in [3.05, 3.63) is 61.8 Å². The molecule has 1 aromatic carbocycles. The number of thiazole rings is 1. The molecule has 0 atom stereocenters. The van der Waals surface area contributed by atoms with E-state index in [9.17, 15) is 14.9 Å². The molecule has 2 heterocycles. The third-order valence-electron chi connectivity index (χ3n) is 4.38. The third kappa shape index (κ3) is 3.38. The Labute approximate surface area is 157 Å². The first-order valence-corrected chi connectivity index (χ1v) is 9.98. The van der Waals surface area contributed by atoms with Crippen molar-refractivity contribution >= 4 is 39.4 Å². The number of aryl methyl sites for hydroxylation is 2. The van der Waals surface area contributed by atoms with Crippen molar-refractivity contribution in [2.75, 3.05) is 5.32 Å². The van der Waals surface area contributed by atoms with Gasteiger partial charge in [0.15, 0.2) is 5.13 Å². The number of benzene rings is 1. The molecule has 8 heteroatoms. The van der Waals surface area contributed by atoms with E-state index in [1.54, 1.807) is 5.38 Å².